The first kappa shape index (κ1) is 10.4. The number of rotatable bonds is 3. The average Bonchev–Trinajstić information content (AvgIpc) is 2.91. The zero-order valence-electron chi connectivity index (χ0n) is 7.46. The summed E-state index contributed by atoms with van der Waals surface area (Å²) < 4.78 is 0.931. The van der Waals surface area contributed by atoms with E-state index in [2.05, 4.69) is 20.9 Å². The number of aromatic nitrogens is 1. The molecule has 1 aliphatic carbocycles. The first-order valence-electron chi connectivity index (χ1n) is 4.31. The number of hydrogen-bond donors (Lipinski definition) is 1. The van der Waals surface area contributed by atoms with Crippen molar-refractivity contribution in [3.8, 4) is 0 Å². The summed E-state index contributed by atoms with van der Waals surface area (Å²) in [4.78, 5) is 8.81. The molecular formula is C9H10BrClN2O. The summed E-state index contributed by atoms with van der Waals surface area (Å²) in [5, 5.41) is 0.544. The number of nitrogens with zero attached hydrogens (tertiary/aromatic N) is 1. The minimum Gasteiger partial charge on any atom is -0.304 e. The van der Waals surface area contributed by atoms with Crippen LogP contribution in [0.4, 0.5) is 0 Å². The van der Waals surface area contributed by atoms with E-state index in [4.69, 9.17) is 22.3 Å². The lowest BCUT2D eigenvalue weighted by Gasteiger charge is -2.15. The highest BCUT2D eigenvalue weighted by atomic mass is 79.9. The third-order valence-electron chi connectivity index (χ3n) is 2.59. The van der Waals surface area contributed by atoms with Gasteiger partial charge in [0.25, 0.3) is 0 Å². The Labute approximate surface area is 95.7 Å². The van der Waals surface area contributed by atoms with Gasteiger partial charge in [-0.15, -0.1) is 0 Å². The van der Waals surface area contributed by atoms with Gasteiger partial charge < -0.3 is 4.84 Å². The van der Waals surface area contributed by atoms with Crippen LogP contribution in [0.2, 0.25) is 5.15 Å². The molecule has 1 fully saturated rings. The molecule has 14 heavy (non-hydrogen) atoms. The van der Waals surface area contributed by atoms with Crippen molar-refractivity contribution in [2.45, 2.75) is 18.3 Å². The number of pyridine rings is 1. The highest BCUT2D eigenvalue weighted by Crippen LogP contribution is 2.50. The third kappa shape index (κ3) is 1.80. The van der Waals surface area contributed by atoms with Gasteiger partial charge in [-0.05, 0) is 40.4 Å². The lowest BCUT2D eigenvalue weighted by atomic mass is 9.99. The van der Waals surface area contributed by atoms with Crippen molar-refractivity contribution in [3.63, 3.8) is 0 Å². The molecule has 0 atom stereocenters. The number of nitrogens with two attached hydrogens (primary N) is 1. The van der Waals surface area contributed by atoms with Crippen molar-refractivity contribution in [2.75, 3.05) is 6.61 Å². The van der Waals surface area contributed by atoms with E-state index in [-0.39, 0.29) is 5.41 Å². The van der Waals surface area contributed by atoms with Gasteiger partial charge in [0.15, 0.2) is 0 Å². The standard InChI is InChI=1S/C9H10BrClN2O/c10-6-3-7(8(11)13-4-6)9(1-2-9)5-14-12/h3-4H,1-2,5,12H2. The molecule has 0 spiro atoms. The molecule has 0 radical (unpaired) electrons. The molecule has 1 aromatic heterocycles. The number of halogens is 2. The van der Waals surface area contributed by atoms with Crippen LogP contribution in [-0.4, -0.2) is 11.6 Å². The van der Waals surface area contributed by atoms with E-state index in [1.807, 2.05) is 6.07 Å². The monoisotopic (exact) mass is 276 g/mol. The van der Waals surface area contributed by atoms with E-state index in [1.165, 1.54) is 0 Å². The predicted molar refractivity (Wildman–Crippen MR) is 58.0 cm³/mol. The van der Waals surface area contributed by atoms with Gasteiger partial charge in [0.2, 0.25) is 0 Å². The van der Waals surface area contributed by atoms with Gasteiger partial charge >= 0.3 is 0 Å². The van der Waals surface area contributed by atoms with Crippen LogP contribution in [-0.2, 0) is 10.3 Å². The van der Waals surface area contributed by atoms with Gasteiger partial charge in [-0.1, -0.05) is 11.6 Å². The first-order valence-corrected chi connectivity index (χ1v) is 5.48. The summed E-state index contributed by atoms with van der Waals surface area (Å²) in [6.45, 7) is 0.505. The Bertz CT molecular complexity index is 355. The normalized spacial score (nSPS) is 18.2. The smallest absolute Gasteiger partial charge is 0.132 e. The van der Waals surface area contributed by atoms with Crippen molar-refractivity contribution in [3.05, 3.63) is 27.5 Å². The van der Waals surface area contributed by atoms with Gasteiger partial charge in [0.1, 0.15) is 5.15 Å². The largest absolute Gasteiger partial charge is 0.304 e. The van der Waals surface area contributed by atoms with Crippen molar-refractivity contribution in [1.29, 1.82) is 0 Å². The maximum atomic E-state index is 6.03. The van der Waals surface area contributed by atoms with Crippen LogP contribution in [0.15, 0.2) is 16.7 Å². The van der Waals surface area contributed by atoms with Crippen LogP contribution in [0.25, 0.3) is 0 Å². The summed E-state index contributed by atoms with van der Waals surface area (Å²) in [5.74, 6) is 5.10. The average molecular weight is 278 g/mol. The summed E-state index contributed by atoms with van der Waals surface area (Å²) in [6, 6.07) is 1.99. The molecule has 0 saturated heterocycles. The Kier molecular flexibility index (Phi) is 2.79. The minimum absolute atomic E-state index is 0.00259. The molecular weight excluding hydrogens is 267 g/mol. The van der Waals surface area contributed by atoms with Crippen LogP contribution in [0.3, 0.4) is 0 Å². The van der Waals surface area contributed by atoms with E-state index >= 15 is 0 Å². The Morgan fingerprint density at radius 1 is 1.64 bits per heavy atom. The fourth-order valence-corrected chi connectivity index (χ4v) is 2.23. The first-order chi connectivity index (χ1) is 6.68. The molecule has 1 heterocycles. The SMILES string of the molecule is NOCC1(c2cc(Br)cnc2Cl)CC1. The van der Waals surface area contributed by atoms with Crippen molar-refractivity contribution >= 4 is 27.5 Å². The molecule has 2 rings (SSSR count). The zero-order chi connectivity index (χ0) is 10.2. The molecule has 1 aromatic rings. The summed E-state index contributed by atoms with van der Waals surface area (Å²) in [7, 11) is 0. The summed E-state index contributed by atoms with van der Waals surface area (Å²) in [6.07, 6.45) is 3.80. The topological polar surface area (TPSA) is 48.1 Å². The molecule has 0 bridgehead atoms. The second-order valence-corrected chi connectivity index (χ2v) is 4.86. The fourth-order valence-electron chi connectivity index (χ4n) is 1.60. The zero-order valence-corrected chi connectivity index (χ0v) is 9.81. The van der Waals surface area contributed by atoms with Crippen LogP contribution in [0.5, 0.6) is 0 Å². The second-order valence-electron chi connectivity index (χ2n) is 3.58. The van der Waals surface area contributed by atoms with Gasteiger partial charge in [-0.2, -0.15) is 0 Å². The quantitative estimate of drug-likeness (QED) is 0.682. The summed E-state index contributed by atoms with van der Waals surface area (Å²) >= 11 is 9.40. The maximum absolute atomic E-state index is 6.03. The molecule has 5 heteroatoms. The minimum atomic E-state index is 0.00259. The maximum Gasteiger partial charge on any atom is 0.132 e. The van der Waals surface area contributed by atoms with E-state index < -0.39 is 0 Å². The highest BCUT2D eigenvalue weighted by molar-refractivity contribution is 9.10. The van der Waals surface area contributed by atoms with E-state index in [0.717, 1.165) is 22.9 Å². The van der Waals surface area contributed by atoms with E-state index in [9.17, 15) is 0 Å². The van der Waals surface area contributed by atoms with Crippen LogP contribution < -0.4 is 5.90 Å². The van der Waals surface area contributed by atoms with E-state index in [1.54, 1.807) is 6.20 Å². The van der Waals surface area contributed by atoms with Crippen molar-refractivity contribution < 1.29 is 4.84 Å². The van der Waals surface area contributed by atoms with Gasteiger partial charge in [0, 0.05) is 16.1 Å². The Balaban J connectivity index is 2.35. The lowest BCUT2D eigenvalue weighted by molar-refractivity contribution is 0.116. The fraction of sp³-hybridized carbons (Fsp3) is 0.444. The third-order valence-corrected chi connectivity index (χ3v) is 3.33. The van der Waals surface area contributed by atoms with Crippen molar-refractivity contribution in [2.24, 2.45) is 5.90 Å². The van der Waals surface area contributed by atoms with Gasteiger partial charge in [-0.3, -0.25) is 0 Å². The molecule has 2 N–H and O–H groups in total. The Morgan fingerprint density at radius 2 is 2.36 bits per heavy atom. The molecule has 1 aliphatic rings. The second kappa shape index (κ2) is 3.77. The Morgan fingerprint density at radius 3 is 2.93 bits per heavy atom. The van der Waals surface area contributed by atoms with Crippen LogP contribution in [0, 0.1) is 0 Å². The lowest BCUT2D eigenvalue weighted by Crippen LogP contribution is -2.18. The van der Waals surface area contributed by atoms with E-state index in [0.29, 0.717) is 11.8 Å². The molecule has 0 aromatic carbocycles. The van der Waals surface area contributed by atoms with Gasteiger partial charge in [-0.25, -0.2) is 10.9 Å². The number of hydrogen-bond acceptors (Lipinski definition) is 3. The molecule has 0 aliphatic heterocycles. The molecule has 76 valence electrons. The molecule has 3 nitrogen and oxygen atoms in total. The highest BCUT2D eigenvalue weighted by Gasteiger charge is 2.46. The van der Waals surface area contributed by atoms with Crippen LogP contribution >= 0.6 is 27.5 Å². The molecule has 1 saturated carbocycles. The van der Waals surface area contributed by atoms with Crippen molar-refractivity contribution in [1.82, 2.24) is 4.98 Å². The molecule has 0 unspecified atom stereocenters. The Hall–Kier alpha value is -0.160. The van der Waals surface area contributed by atoms with Crippen LogP contribution in [0.1, 0.15) is 18.4 Å². The summed E-state index contributed by atoms with van der Waals surface area (Å²) in [5.41, 5.74) is 1.03. The van der Waals surface area contributed by atoms with Gasteiger partial charge in [0.05, 0.1) is 6.61 Å². The molecule has 0 amide bonds. The predicted octanol–water partition coefficient (Wildman–Crippen LogP) is 2.42.